The number of fused-ring (bicyclic) bond motifs is 1. The van der Waals surface area contributed by atoms with E-state index in [0.717, 1.165) is 54.6 Å². The molecule has 1 N–H and O–H groups in total. The first-order valence-electron chi connectivity index (χ1n) is 9.02. The molecule has 6 nitrogen and oxygen atoms in total. The van der Waals surface area contributed by atoms with E-state index in [1.807, 2.05) is 48.0 Å². The van der Waals surface area contributed by atoms with E-state index in [0.29, 0.717) is 12.6 Å². The van der Waals surface area contributed by atoms with Crippen molar-refractivity contribution < 1.29 is 4.74 Å². The lowest BCUT2D eigenvalue weighted by molar-refractivity contribution is 0.295. The quantitative estimate of drug-likeness (QED) is 0.741. The van der Waals surface area contributed by atoms with Crippen LogP contribution < -0.4 is 10.1 Å². The Morgan fingerprint density at radius 2 is 2.08 bits per heavy atom. The van der Waals surface area contributed by atoms with E-state index in [4.69, 9.17) is 4.74 Å². The van der Waals surface area contributed by atoms with Crippen molar-refractivity contribution in [1.82, 2.24) is 25.1 Å². The molecule has 6 heteroatoms. The number of aromatic nitrogens is 4. The monoisotopic (exact) mass is 349 g/mol. The van der Waals surface area contributed by atoms with E-state index in [9.17, 15) is 0 Å². The summed E-state index contributed by atoms with van der Waals surface area (Å²) in [5, 5.41) is 8.11. The zero-order valence-electron chi connectivity index (χ0n) is 14.9. The van der Waals surface area contributed by atoms with Crippen LogP contribution >= 0.6 is 0 Å². The second-order valence-corrected chi connectivity index (χ2v) is 6.59. The van der Waals surface area contributed by atoms with Crippen LogP contribution in [0.5, 0.6) is 5.75 Å². The smallest absolute Gasteiger partial charge is 0.147 e. The maximum absolute atomic E-state index is 5.99. The minimum atomic E-state index is 0.396. The maximum Gasteiger partial charge on any atom is 0.147 e. The third-order valence-corrected chi connectivity index (χ3v) is 4.62. The van der Waals surface area contributed by atoms with Gasteiger partial charge in [-0.05, 0) is 31.5 Å². The highest BCUT2D eigenvalue weighted by Gasteiger charge is 2.20. The topological polar surface area (TPSA) is 64.9 Å². The number of aryl methyl sites for hydroxylation is 2. The molecular formula is C20H23N5O. The summed E-state index contributed by atoms with van der Waals surface area (Å²) in [4.78, 5) is 8.78. The number of ether oxygens (including phenoxy) is 1. The van der Waals surface area contributed by atoms with Crippen molar-refractivity contribution in [2.45, 2.75) is 45.5 Å². The van der Waals surface area contributed by atoms with E-state index >= 15 is 0 Å². The first-order valence-corrected chi connectivity index (χ1v) is 9.02. The van der Waals surface area contributed by atoms with Gasteiger partial charge in [-0.25, -0.2) is 9.67 Å². The summed E-state index contributed by atoms with van der Waals surface area (Å²) >= 11 is 0. The average molecular weight is 349 g/mol. The van der Waals surface area contributed by atoms with Crippen molar-refractivity contribution in [2.24, 2.45) is 0 Å². The van der Waals surface area contributed by atoms with Crippen LogP contribution in [0.2, 0.25) is 0 Å². The van der Waals surface area contributed by atoms with Crippen molar-refractivity contribution in [3.63, 3.8) is 0 Å². The Hall–Kier alpha value is -2.73. The third kappa shape index (κ3) is 3.91. The normalized spacial score (nSPS) is 16.3. The van der Waals surface area contributed by atoms with E-state index in [1.54, 1.807) is 6.20 Å². The predicted octanol–water partition coefficient (Wildman–Crippen LogP) is 2.67. The van der Waals surface area contributed by atoms with Gasteiger partial charge >= 0.3 is 0 Å². The van der Waals surface area contributed by atoms with E-state index in [2.05, 4.69) is 26.4 Å². The van der Waals surface area contributed by atoms with Gasteiger partial charge < -0.3 is 10.1 Å². The Morgan fingerprint density at radius 3 is 2.96 bits per heavy atom. The largest absolute Gasteiger partial charge is 0.487 e. The second kappa shape index (κ2) is 7.66. The molecular weight excluding hydrogens is 326 g/mol. The van der Waals surface area contributed by atoms with Gasteiger partial charge in [0.2, 0.25) is 0 Å². The lowest BCUT2D eigenvalue weighted by atomic mass is 10.1. The van der Waals surface area contributed by atoms with Crippen molar-refractivity contribution in [3.8, 4) is 5.75 Å². The van der Waals surface area contributed by atoms with Crippen LogP contribution in [0.25, 0.3) is 0 Å². The molecule has 0 amide bonds. The van der Waals surface area contributed by atoms with Crippen LogP contribution in [-0.2, 0) is 26.1 Å². The van der Waals surface area contributed by atoms with Gasteiger partial charge in [0.25, 0.3) is 0 Å². The second-order valence-electron chi connectivity index (χ2n) is 6.59. The number of para-hydroxylation sites is 1. The van der Waals surface area contributed by atoms with Gasteiger partial charge in [0.1, 0.15) is 24.0 Å². The number of nitrogens with one attached hydrogen (secondary N) is 1. The summed E-state index contributed by atoms with van der Waals surface area (Å²) < 4.78 is 8.02. The molecule has 0 spiro atoms. The van der Waals surface area contributed by atoms with Crippen LogP contribution in [-0.4, -0.2) is 25.8 Å². The molecule has 3 aromatic rings. The van der Waals surface area contributed by atoms with Gasteiger partial charge in [0.05, 0.1) is 12.2 Å². The highest BCUT2D eigenvalue weighted by molar-refractivity contribution is 5.33. The first-order chi connectivity index (χ1) is 12.8. The van der Waals surface area contributed by atoms with Crippen molar-refractivity contribution in [2.75, 3.05) is 0 Å². The number of rotatable bonds is 6. The molecule has 4 rings (SSSR count). The number of benzene rings is 1. The zero-order chi connectivity index (χ0) is 17.8. The highest BCUT2D eigenvalue weighted by atomic mass is 16.5. The summed E-state index contributed by atoms with van der Waals surface area (Å²) in [6.07, 6.45) is 3.83. The maximum atomic E-state index is 5.99. The molecule has 134 valence electrons. The zero-order valence-corrected chi connectivity index (χ0v) is 14.9. The molecule has 1 unspecified atom stereocenters. The van der Waals surface area contributed by atoms with Gasteiger partial charge in [0, 0.05) is 30.8 Å². The minimum absolute atomic E-state index is 0.396. The van der Waals surface area contributed by atoms with Crippen LogP contribution in [0.4, 0.5) is 0 Å². The molecule has 0 aliphatic carbocycles. The molecule has 0 fully saturated rings. The molecule has 0 bridgehead atoms. The van der Waals surface area contributed by atoms with Gasteiger partial charge in [-0.3, -0.25) is 4.98 Å². The summed E-state index contributed by atoms with van der Waals surface area (Å²) in [5.74, 6) is 2.85. The number of pyridine rings is 1. The lowest BCUT2D eigenvalue weighted by Crippen LogP contribution is -2.37. The third-order valence-electron chi connectivity index (χ3n) is 4.62. The Bertz CT molecular complexity index is 862. The standard InChI is InChI=1S/C20H23N5O/c1-15-23-20-10-9-17(13-25(20)24-15)22-12-16-6-2-3-8-19(16)26-14-18-7-4-5-11-21-18/h2-8,11,17,22H,9-10,12-14H2,1H3. The van der Waals surface area contributed by atoms with Crippen LogP contribution in [0.3, 0.4) is 0 Å². The molecule has 3 heterocycles. The van der Waals surface area contributed by atoms with Crippen LogP contribution in [0.1, 0.15) is 29.3 Å². The van der Waals surface area contributed by atoms with Gasteiger partial charge in [-0.1, -0.05) is 24.3 Å². The molecule has 1 aliphatic rings. The SMILES string of the molecule is Cc1nc2n(n1)CC(NCc1ccccc1OCc1ccccn1)CC2. The van der Waals surface area contributed by atoms with Crippen LogP contribution in [0.15, 0.2) is 48.7 Å². The highest BCUT2D eigenvalue weighted by Crippen LogP contribution is 2.20. The summed E-state index contributed by atoms with van der Waals surface area (Å²) in [6, 6.07) is 14.4. The van der Waals surface area contributed by atoms with Gasteiger partial charge in [-0.2, -0.15) is 5.10 Å². The van der Waals surface area contributed by atoms with Crippen molar-refractivity contribution in [1.29, 1.82) is 0 Å². The molecule has 1 aromatic carbocycles. The molecule has 2 aromatic heterocycles. The fraction of sp³-hybridized carbons (Fsp3) is 0.350. The summed E-state index contributed by atoms with van der Waals surface area (Å²) in [5.41, 5.74) is 2.08. The van der Waals surface area contributed by atoms with Crippen molar-refractivity contribution in [3.05, 3.63) is 71.6 Å². The fourth-order valence-corrected chi connectivity index (χ4v) is 3.28. The Kier molecular flexibility index (Phi) is 4.93. The lowest BCUT2D eigenvalue weighted by Gasteiger charge is -2.24. The number of nitrogens with zero attached hydrogens (tertiary/aromatic N) is 4. The first kappa shape index (κ1) is 16.7. The van der Waals surface area contributed by atoms with Gasteiger partial charge in [-0.15, -0.1) is 0 Å². The molecule has 0 radical (unpaired) electrons. The number of hydrogen-bond acceptors (Lipinski definition) is 5. The fourth-order valence-electron chi connectivity index (χ4n) is 3.28. The summed E-state index contributed by atoms with van der Waals surface area (Å²) in [7, 11) is 0. The average Bonchev–Trinajstić information content (AvgIpc) is 3.05. The summed E-state index contributed by atoms with van der Waals surface area (Å²) in [6.45, 7) is 4.06. The molecule has 0 saturated heterocycles. The molecule has 26 heavy (non-hydrogen) atoms. The predicted molar refractivity (Wildman–Crippen MR) is 98.7 cm³/mol. The van der Waals surface area contributed by atoms with E-state index < -0.39 is 0 Å². The molecule has 1 atom stereocenters. The Morgan fingerprint density at radius 1 is 1.19 bits per heavy atom. The number of hydrogen-bond donors (Lipinski definition) is 1. The molecule has 1 aliphatic heterocycles. The Balaban J connectivity index is 1.36. The van der Waals surface area contributed by atoms with E-state index in [-0.39, 0.29) is 0 Å². The minimum Gasteiger partial charge on any atom is -0.487 e. The van der Waals surface area contributed by atoms with Crippen LogP contribution in [0, 0.1) is 6.92 Å². The van der Waals surface area contributed by atoms with E-state index in [1.165, 1.54) is 0 Å². The Labute approximate surface area is 153 Å². The van der Waals surface area contributed by atoms with Crippen molar-refractivity contribution >= 4 is 0 Å². The van der Waals surface area contributed by atoms with Gasteiger partial charge in [0.15, 0.2) is 0 Å². The molecule has 0 saturated carbocycles.